The number of carbonyl (C=O) groups is 2. The van der Waals surface area contributed by atoms with Gasteiger partial charge in [0, 0.05) is 24.3 Å². The normalized spacial score (nSPS) is 18.6. The van der Waals surface area contributed by atoms with Crippen molar-refractivity contribution in [3.63, 3.8) is 0 Å². The van der Waals surface area contributed by atoms with Crippen molar-refractivity contribution in [2.45, 2.75) is 18.6 Å². The molecule has 0 radical (unpaired) electrons. The summed E-state index contributed by atoms with van der Waals surface area (Å²) < 4.78 is 26.5. The molecule has 0 N–H and O–H groups in total. The first-order valence-corrected chi connectivity index (χ1v) is 10.8. The highest BCUT2D eigenvalue weighted by Gasteiger charge is 2.55. The number of amides is 2. The molecule has 1 fully saturated rings. The molecule has 2 atom stereocenters. The third-order valence-electron chi connectivity index (χ3n) is 5.87. The molecular weight excluding hydrogens is 472 g/mol. The molecule has 5 rings (SSSR count). The van der Waals surface area contributed by atoms with Crippen molar-refractivity contribution in [1.82, 2.24) is 15.1 Å². The van der Waals surface area contributed by atoms with Gasteiger partial charge in [-0.15, -0.1) is 0 Å². The predicted molar refractivity (Wildman–Crippen MR) is 123 cm³/mol. The van der Waals surface area contributed by atoms with E-state index in [4.69, 9.17) is 23.5 Å². The lowest BCUT2D eigenvalue weighted by atomic mass is 10.1. The zero-order valence-corrected chi connectivity index (χ0v) is 19.9. The number of methoxy groups -OCH3 is 4. The summed E-state index contributed by atoms with van der Waals surface area (Å²) in [5.74, 6) is 1.48. The maximum Gasteiger partial charge on any atom is 0.263 e. The summed E-state index contributed by atoms with van der Waals surface area (Å²) in [6, 6.07) is 8.07. The van der Waals surface area contributed by atoms with Gasteiger partial charge in [-0.3, -0.25) is 14.6 Å². The summed E-state index contributed by atoms with van der Waals surface area (Å²) in [7, 11) is 6.05. The summed E-state index contributed by atoms with van der Waals surface area (Å²) >= 11 is 0. The predicted octanol–water partition coefficient (Wildman–Crippen LogP) is 2.26. The van der Waals surface area contributed by atoms with Gasteiger partial charge >= 0.3 is 0 Å². The van der Waals surface area contributed by atoms with Crippen molar-refractivity contribution in [3.8, 4) is 34.4 Å². The molecule has 2 aromatic carbocycles. The van der Waals surface area contributed by atoms with Crippen molar-refractivity contribution in [1.29, 1.82) is 0 Å². The van der Waals surface area contributed by atoms with E-state index in [0.717, 1.165) is 4.90 Å². The van der Waals surface area contributed by atoms with Crippen LogP contribution in [0.3, 0.4) is 0 Å². The van der Waals surface area contributed by atoms with Crippen molar-refractivity contribution < 1.29 is 33.1 Å². The molecule has 13 heteroatoms. The van der Waals surface area contributed by atoms with E-state index in [2.05, 4.69) is 20.5 Å². The SMILES string of the molecule is COc1cc(OC)cc(N2C(=O)[C@@H]3[C@@H](N=NN3Cc3nc(-c4ccc(OC)cc4OC)no3)C2=O)c1. The number of nitrogens with zero attached hydrogens (tertiary/aromatic N) is 6. The molecule has 0 spiro atoms. The van der Waals surface area contributed by atoms with Crippen LogP contribution in [-0.2, 0) is 16.1 Å². The minimum absolute atomic E-state index is 0.0234. The Bertz CT molecular complexity index is 1330. The molecule has 0 unspecified atom stereocenters. The zero-order valence-electron chi connectivity index (χ0n) is 19.9. The van der Waals surface area contributed by atoms with Gasteiger partial charge < -0.3 is 23.5 Å². The second kappa shape index (κ2) is 9.17. The molecular formula is C23H22N6O7. The largest absolute Gasteiger partial charge is 0.497 e. The van der Waals surface area contributed by atoms with E-state index in [1.807, 2.05) is 0 Å². The average Bonchev–Trinajstić information content (AvgIpc) is 3.60. The summed E-state index contributed by atoms with van der Waals surface area (Å²) in [5.41, 5.74) is 0.914. The summed E-state index contributed by atoms with van der Waals surface area (Å²) in [6.07, 6.45) is 0. The Morgan fingerprint density at radius 1 is 0.889 bits per heavy atom. The van der Waals surface area contributed by atoms with Gasteiger partial charge in [-0.1, -0.05) is 10.4 Å². The highest BCUT2D eigenvalue weighted by atomic mass is 16.5. The van der Waals surface area contributed by atoms with Gasteiger partial charge in [0.2, 0.25) is 11.7 Å². The average molecular weight is 494 g/mol. The van der Waals surface area contributed by atoms with Gasteiger partial charge in [0.25, 0.3) is 11.8 Å². The minimum atomic E-state index is -0.987. The maximum absolute atomic E-state index is 13.3. The maximum atomic E-state index is 13.3. The van der Waals surface area contributed by atoms with Crippen LogP contribution in [0.2, 0.25) is 0 Å². The Kier molecular flexibility index (Phi) is 5.88. The fourth-order valence-corrected chi connectivity index (χ4v) is 4.08. The second-order valence-corrected chi connectivity index (χ2v) is 7.85. The van der Waals surface area contributed by atoms with Crippen molar-refractivity contribution in [2.75, 3.05) is 33.3 Å². The fraction of sp³-hybridized carbons (Fsp3) is 0.304. The van der Waals surface area contributed by atoms with Crippen LogP contribution in [0.15, 0.2) is 51.3 Å². The minimum Gasteiger partial charge on any atom is -0.497 e. The first kappa shape index (κ1) is 23.1. The van der Waals surface area contributed by atoms with Gasteiger partial charge in [0.1, 0.15) is 29.5 Å². The summed E-state index contributed by atoms with van der Waals surface area (Å²) in [4.78, 5) is 31.9. The zero-order chi connectivity index (χ0) is 25.4. The fourth-order valence-electron chi connectivity index (χ4n) is 4.08. The van der Waals surface area contributed by atoms with Crippen LogP contribution < -0.4 is 23.8 Å². The molecule has 0 bridgehead atoms. The molecule has 36 heavy (non-hydrogen) atoms. The molecule has 186 valence electrons. The third-order valence-corrected chi connectivity index (χ3v) is 5.87. The van der Waals surface area contributed by atoms with E-state index < -0.39 is 23.9 Å². The topological polar surface area (TPSA) is 141 Å². The van der Waals surface area contributed by atoms with Gasteiger partial charge in [0.15, 0.2) is 12.1 Å². The molecule has 2 aliphatic rings. The molecule has 3 aromatic rings. The summed E-state index contributed by atoms with van der Waals surface area (Å²) in [6.45, 7) is -0.0234. The Balaban J connectivity index is 1.37. The molecule has 2 amide bonds. The molecule has 3 heterocycles. The summed E-state index contributed by atoms with van der Waals surface area (Å²) in [5, 5.41) is 13.4. The van der Waals surface area contributed by atoms with Crippen LogP contribution in [0.4, 0.5) is 5.69 Å². The first-order valence-electron chi connectivity index (χ1n) is 10.8. The third kappa shape index (κ3) is 3.83. The van der Waals surface area contributed by atoms with E-state index in [0.29, 0.717) is 34.2 Å². The number of aromatic nitrogens is 2. The van der Waals surface area contributed by atoms with Gasteiger partial charge in [-0.25, -0.2) is 4.90 Å². The van der Waals surface area contributed by atoms with Crippen molar-refractivity contribution in [2.24, 2.45) is 10.3 Å². The molecule has 2 aliphatic heterocycles. The van der Waals surface area contributed by atoms with E-state index >= 15 is 0 Å². The number of ether oxygens (including phenoxy) is 4. The highest BCUT2D eigenvalue weighted by Crippen LogP contribution is 2.36. The number of benzene rings is 2. The monoisotopic (exact) mass is 494 g/mol. The molecule has 0 aliphatic carbocycles. The molecule has 13 nitrogen and oxygen atoms in total. The molecule has 1 saturated heterocycles. The van der Waals surface area contributed by atoms with E-state index in [1.54, 1.807) is 43.5 Å². The molecule has 1 aromatic heterocycles. The van der Waals surface area contributed by atoms with E-state index in [1.165, 1.54) is 26.3 Å². The van der Waals surface area contributed by atoms with E-state index in [-0.39, 0.29) is 18.3 Å². The smallest absolute Gasteiger partial charge is 0.263 e. The Hall–Kier alpha value is -4.68. The lowest BCUT2D eigenvalue weighted by Gasteiger charge is -2.20. The van der Waals surface area contributed by atoms with E-state index in [9.17, 15) is 9.59 Å². The van der Waals surface area contributed by atoms with Crippen LogP contribution in [0.1, 0.15) is 5.89 Å². The van der Waals surface area contributed by atoms with Crippen LogP contribution >= 0.6 is 0 Å². The Morgan fingerprint density at radius 2 is 1.61 bits per heavy atom. The number of hydrogen-bond donors (Lipinski definition) is 0. The van der Waals surface area contributed by atoms with Crippen LogP contribution in [0.5, 0.6) is 23.0 Å². The Morgan fingerprint density at radius 3 is 2.28 bits per heavy atom. The van der Waals surface area contributed by atoms with Gasteiger partial charge in [-0.2, -0.15) is 10.1 Å². The van der Waals surface area contributed by atoms with Crippen LogP contribution in [0.25, 0.3) is 11.4 Å². The van der Waals surface area contributed by atoms with Crippen LogP contribution in [0, 0.1) is 0 Å². The van der Waals surface area contributed by atoms with Gasteiger partial charge in [-0.05, 0) is 12.1 Å². The van der Waals surface area contributed by atoms with Crippen molar-refractivity contribution >= 4 is 17.5 Å². The Labute approximate surface area is 205 Å². The highest BCUT2D eigenvalue weighted by molar-refractivity contribution is 6.25. The first-order chi connectivity index (χ1) is 17.5. The standard InChI is InChI=1S/C23H22N6O7/c1-32-13-5-6-16(17(10-13)35-4)21-24-18(36-26-21)11-28-20-19(25-27-28)22(30)29(23(20)31)12-7-14(33-2)9-15(8-12)34-3/h5-10,19-20H,11H2,1-4H3/t19-,20+/m1/s1. The van der Waals surface area contributed by atoms with Gasteiger partial charge in [0.05, 0.1) is 39.7 Å². The number of imide groups is 1. The van der Waals surface area contributed by atoms with Crippen molar-refractivity contribution in [3.05, 3.63) is 42.3 Å². The quantitative estimate of drug-likeness (QED) is 0.428. The molecule has 0 saturated carbocycles. The number of fused-ring (bicyclic) bond motifs is 1. The number of anilines is 1. The van der Waals surface area contributed by atoms with Crippen LogP contribution in [-0.4, -0.2) is 67.5 Å². The lowest BCUT2D eigenvalue weighted by Crippen LogP contribution is -2.39. The number of rotatable bonds is 8. The number of carbonyl (C=O) groups excluding carboxylic acids is 2. The second-order valence-electron chi connectivity index (χ2n) is 7.85. The lowest BCUT2D eigenvalue weighted by molar-refractivity contribution is -0.123. The number of hydrogen-bond acceptors (Lipinski definition) is 12.